The number of benzene rings is 1. The molecular weight excluding hydrogens is 244 g/mol. The molecule has 1 fully saturated rings. The van der Waals surface area contributed by atoms with E-state index in [0.29, 0.717) is 11.5 Å². The van der Waals surface area contributed by atoms with Gasteiger partial charge in [0.05, 0.1) is 16.4 Å². The molecule has 0 aliphatic heterocycles. The van der Waals surface area contributed by atoms with Crippen LogP contribution in [0.4, 0.5) is 0 Å². The Hall–Kier alpha value is -1.02. The average Bonchev–Trinajstić information content (AvgIpc) is 2.73. The van der Waals surface area contributed by atoms with Crippen LogP contribution in [0.25, 0.3) is 11.0 Å². The van der Waals surface area contributed by atoms with E-state index in [-0.39, 0.29) is 5.38 Å². The molecule has 1 aliphatic rings. The van der Waals surface area contributed by atoms with Gasteiger partial charge in [-0.05, 0) is 37.3 Å². The highest BCUT2D eigenvalue weighted by molar-refractivity contribution is 6.20. The zero-order valence-electron chi connectivity index (χ0n) is 11.4. The van der Waals surface area contributed by atoms with E-state index in [1.807, 2.05) is 6.92 Å². The summed E-state index contributed by atoms with van der Waals surface area (Å²) < 4.78 is 2.38. The standard InChI is InChI=1S/C15H19ClN2/c1-9-6-5-7-11-13(9)18(12-8-15(12,3)4)14(17-11)10(2)16/h5-7,10,12H,8H2,1-4H3. The molecule has 1 aromatic heterocycles. The van der Waals surface area contributed by atoms with Crippen molar-refractivity contribution < 1.29 is 0 Å². The van der Waals surface area contributed by atoms with Gasteiger partial charge >= 0.3 is 0 Å². The number of hydrogen-bond acceptors (Lipinski definition) is 1. The predicted molar refractivity (Wildman–Crippen MR) is 76.2 cm³/mol. The van der Waals surface area contributed by atoms with Crippen molar-refractivity contribution in [2.75, 3.05) is 0 Å². The van der Waals surface area contributed by atoms with Crippen LogP contribution in [0.1, 0.15) is 50.0 Å². The maximum Gasteiger partial charge on any atom is 0.127 e. The molecule has 18 heavy (non-hydrogen) atoms. The first kappa shape index (κ1) is 12.0. The molecule has 1 saturated carbocycles. The predicted octanol–water partition coefficient (Wildman–Crippen LogP) is 4.62. The third-order valence-corrected chi connectivity index (χ3v) is 4.26. The van der Waals surface area contributed by atoms with Crippen molar-refractivity contribution in [2.24, 2.45) is 5.41 Å². The summed E-state index contributed by atoms with van der Waals surface area (Å²) in [6, 6.07) is 6.84. The fourth-order valence-corrected chi connectivity index (χ4v) is 2.97. The summed E-state index contributed by atoms with van der Waals surface area (Å²) in [5.74, 6) is 1.01. The zero-order chi connectivity index (χ0) is 13.1. The van der Waals surface area contributed by atoms with Crippen molar-refractivity contribution in [3.05, 3.63) is 29.6 Å². The first-order chi connectivity index (χ1) is 8.42. The minimum Gasteiger partial charge on any atom is -0.323 e. The maximum atomic E-state index is 6.31. The minimum atomic E-state index is -0.0480. The third kappa shape index (κ3) is 1.66. The van der Waals surface area contributed by atoms with Crippen LogP contribution >= 0.6 is 11.6 Å². The van der Waals surface area contributed by atoms with Crippen molar-refractivity contribution in [3.8, 4) is 0 Å². The third-order valence-electron chi connectivity index (χ3n) is 4.07. The number of halogens is 1. The van der Waals surface area contributed by atoms with Gasteiger partial charge in [0, 0.05) is 6.04 Å². The van der Waals surface area contributed by atoms with Gasteiger partial charge in [-0.3, -0.25) is 0 Å². The number of imidazole rings is 1. The summed E-state index contributed by atoms with van der Waals surface area (Å²) in [4.78, 5) is 4.73. The molecule has 2 aromatic rings. The molecule has 1 aromatic carbocycles. The van der Waals surface area contributed by atoms with Gasteiger partial charge in [0.2, 0.25) is 0 Å². The van der Waals surface area contributed by atoms with Crippen LogP contribution < -0.4 is 0 Å². The molecule has 1 aliphatic carbocycles. The molecule has 0 radical (unpaired) electrons. The second-order valence-corrected chi connectivity index (χ2v) is 6.76. The van der Waals surface area contributed by atoms with Crippen LogP contribution in [0.5, 0.6) is 0 Å². The summed E-state index contributed by atoms with van der Waals surface area (Å²) in [6.07, 6.45) is 1.21. The first-order valence-electron chi connectivity index (χ1n) is 6.53. The number of rotatable bonds is 2. The molecule has 2 atom stereocenters. The van der Waals surface area contributed by atoms with E-state index < -0.39 is 0 Å². The molecule has 3 rings (SSSR count). The second kappa shape index (κ2) is 3.74. The highest BCUT2D eigenvalue weighted by atomic mass is 35.5. The van der Waals surface area contributed by atoms with Crippen molar-refractivity contribution in [3.63, 3.8) is 0 Å². The van der Waals surface area contributed by atoms with E-state index in [2.05, 4.69) is 43.5 Å². The number of para-hydroxylation sites is 1. The fourth-order valence-electron chi connectivity index (χ4n) is 2.82. The van der Waals surface area contributed by atoms with E-state index >= 15 is 0 Å². The van der Waals surface area contributed by atoms with Crippen molar-refractivity contribution in [2.45, 2.75) is 45.5 Å². The Bertz CT molecular complexity index is 610. The lowest BCUT2D eigenvalue weighted by Crippen LogP contribution is -2.06. The smallest absolute Gasteiger partial charge is 0.127 e. The van der Waals surface area contributed by atoms with Gasteiger partial charge in [-0.2, -0.15) is 0 Å². The Morgan fingerprint density at radius 1 is 1.44 bits per heavy atom. The maximum absolute atomic E-state index is 6.31. The quantitative estimate of drug-likeness (QED) is 0.723. The summed E-state index contributed by atoms with van der Waals surface area (Å²) in [7, 11) is 0. The number of nitrogens with zero attached hydrogens (tertiary/aromatic N) is 2. The van der Waals surface area contributed by atoms with Gasteiger partial charge in [-0.1, -0.05) is 26.0 Å². The molecule has 0 saturated heterocycles. The van der Waals surface area contributed by atoms with Crippen LogP contribution in [0.3, 0.4) is 0 Å². The Morgan fingerprint density at radius 3 is 2.67 bits per heavy atom. The molecular formula is C15H19ClN2. The van der Waals surface area contributed by atoms with Crippen LogP contribution in [-0.2, 0) is 0 Å². The van der Waals surface area contributed by atoms with E-state index in [4.69, 9.17) is 16.6 Å². The summed E-state index contributed by atoms with van der Waals surface area (Å²) in [6.45, 7) is 8.78. The topological polar surface area (TPSA) is 17.8 Å². The Labute approximate surface area is 113 Å². The second-order valence-electron chi connectivity index (χ2n) is 6.11. The Morgan fingerprint density at radius 2 is 2.11 bits per heavy atom. The molecule has 2 unspecified atom stereocenters. The highest BCUT2D eigenvalue weighted by Crippen LogP contribution is 2.57. The first-order valence-corrected chi connectivity index (χ1v) is 6.97. The molecule has 0 N–H and O–H groups in total. The number of aryl methyl sites for hydroxylation is 1. The molecule has 0 spiro atoms. The minimum absolute atomic E-state index is 0.0480. The molecule has 2 nitrogen and oxygen atoms in total. The van der Waals surface area contributed by atoms with Gasteiger partial charge < -0.3 is 4.57 Å². The molecule has 96 valence electrons. The molecule has 0 bridgehead atoms. The highest BCUT2D eigenvalue weighted by Gasteiger charge is 2.48. The van der Waals surface area contributed by atoms with E-state index in [1.54, 1.807) is 0 Å². The van der Waals surface area contributed by atoms with Crippen molar-refractivity contribution in [1.82, 2.24) is 9.55 Å². The van der Waals surface area contributed by atoms with Crippen LogP contribution in [-0.4, -0.2) is 9.55 Å². The van der Waals surface area contributed by atoms with E-state index in [0.717, 1.165) is 11.3 Å². The summed E-state index contributed by atoms with van der Waals surface area (Å²) in [5.41, 5.74) is 3.98. The van der Waals surface area contributed by atoms with Gasteiger partial charge in [0.1, 0.15) is 5.82 Å². The molecule has 1 heterocycles. The lowest BCUT2D eigenvalue weighted by atomic mass is 10.1. The number of hydrogen-bond donors (Lipinski definition) is 0. The van der Waals surface area contributed by atoms with Gasteiger partial charge in [0.25, 0.3) is 0 Å². The van der Waals surface area contributed by atoms with Gasteiger partial charge in [-0.15, -0.1) is 11.6 Å². The summed E-state index contributed by atoms with van der Waals surface area (Å²) in [5, 5.41) is -0.0480. The lowest BCUT2D eigenvalue weighted by molar-refractivity contribution is 0.535. The Kier molecular flexibility index (Phi) is 2.50. The SMILES string of the molecule is Cc1cccc2nc(C(C)Cl)n(C3CC3(C)C)c12. The number of alkyl halides is 1. The van der Waals surface area contributed by atoms with Crippen molar-refractivity contribution >= 4 is 22.6 Å². The van der Waals surface area contributed by atoms with Crippen LogP contribution in [0.15, 0.2) is 18.2 Å². The summed E-state index contributed by atoms with van der Waals surface area (Å²) >= 11 is 6.31. The molecule has 0 amide bonds. The fraction of sp³-hybridized carbons (Fsp3) is 0.533. The van der Waals surface area contributed by atoms with Crippen LogP contribution in [0, 0.1) is 12.3 Å². The average molecular weight is 263 g/mol. The van der Waals surface area contributed by atoms with Gasteiger partial charge in [-0.25, -0.2) is 4.98 Å². The van der Waals surface area contributed by atoms with E-state index in [1.165, 1.54) is 17.5 Å². The zero-order valence-corrected chi connectivity index (χ0v) is 12.1. The lowest BCUT2D eigenvalue weighted by Gasteiger charge is -2.13. The van der Waals surface area contributed by atoms with Crippen LogP contribution in [0.2, 0.25) is 0 Å². The van der Waals surface area contributed by atoms with E-state index in [9.17, 15) is 0 Å². The van der Waals surface area contributed by atoms with Crippen molar-refractivity contribution in [1.29, 1.82) is 0 Å². The largest absolute Gasteiger partial charge is 0.323 e. The number of aromatic nitrogens is 2. The van der Waals surface area contributed by atoms with Gasteiger partial charge in [0.15, 0.2) is 0 Å². The molecule has 3 heteroatoms. The monoisotopic (exact) mass is 262 g/mol. The normalized spacial score (nSPS) is 23.3. The Balaban J connectivity index is 2.29. The number of fused-ring (bicyclic) bond motifs is 1.